The maximum Gasteiger partial charge on any atom is 0.254 e. The number of hydrogen-bond donors (Lipinski definition) is 1. The van der Waals surface area contributed by atoms with Gasteiger partial charge in [0, 0.05) is 24.7 Å². The predicted molar refractivity (Wildman–Crippen MR) is 78.3 cm³/mol. The highest BCUT2D eigenvalue weighted by Crippen LogP contribution is 2.25. The average Bonchev–Trinajstić information content (AvgIpc) is 2.92. The Labute approximate surface area is 115 Å². The second-order valence-corrected chi connectivity index (χ2v) is 5.54. The van der Waals surface area contributed by atoms with Crippen LogP contribution in [0.2, 0.25) is 0 Å². The normalized spacial score (nSPS) is 15.7. The van der Waals surface area contributed by atoms with Gasteiger partial charge < -0.3 is 10.6 Å². The summed E-state index contributed by atoms with van der Waals surface area (Å²) in [5, 5.41) is 0. The molecule has 1 aromatic rings. The Bertz CT molecular complexity index is 450. The maximum atomic E-state index is 12.8. The van der Waals surface area contributed by atoms with Gasteiger partial charge in [0.05, 0.1) is 0 Å². The monoisotopic (exact) mass is 260 g/mol. The van der Waals surface area contributed by atoms with Gasteiger partial charge in [-0.05, 0) is 38.3 Å². The molecule has 1 aliphatic rings. The molecule has 0 bridgehead atoms. The van der Waals surface area contributed by atoms with Gasteiger partial charge in [0.1, 0.15) is 0 Å². The molecule has 0 aliphatic heterocycles. The van der Waals surface area contributed by atoms with Crippen LogP contribution in [0.15, 0.2) is 18.2 Å². The van der Waals surface area contributed by atoms with Gasteiger partial charge in [-0.2, -0.15) is 0 Å². The molecule has 1 saturated carbocycles. The summed E-state index contributed by atoms with van der Waals surface area (Å²) < 4.78 is 0. The first-order valence-electron chi connectivity index (χ1n) is 7.21. The molecule has 0 saturated heterocycles. The lowest BCUT2D eigenvalue weighted by Crippen LogP contribution is -2.42. The van der Waals surface area contributed by atoms with Crippen molar-refractivity contribution in [2.75, 3.05) is 13.1 Å². The van der Waals surface area contributed by atoms with E-state index in [9.17, 15) is 4.79 Å². The quantitative estimate of drug-likeness (QED) is 0.904. The number of benzene rings is 1. The number of carbonyl (C=O) groups is 1. The molecule has 1 fully saturated rings. The van der Waals surface area contributed by atoms with Gasteiger partial charge in [-0.1, -0.05) is 30.5 Å². The molecule has 1 aliphatic carbocycles. The number of amides is 1. The Morgan fingerprint density at radius 2 is 2.00 bits per heavy atom. The highest BCUT2D eigenvalue weighted by atomic mass is 16.2. The summed E-state index contributed by atoms with van der Waals surface area (Å²) in [6, 6.07) is 6.46. The molecule has 3 nitrogen and oxygen atoms in total. The number of carbonyl (C=O) groups excluding carboxylic acids is 1. The van der Waals surface area contributed by atoms with Crippen molar-refractivity contribution in [3.05, 3.63) is 34.9 Å². The van der Waals surface area contributed by atoms with E-state index in [-0.39, 0.29) is 5.91 Å². The van der Waals surface area contributed by atoms with Gasteiger partial charge >= 0.3 is 0 Å². The lowest BCUT2D eigenvalue weighted by atomic mass is 10.0. The molecule has 0 heterocycles. The highest BCUT2D eigenvalue weighted by molar-refractivity contribution is 5.96. The van der Waals surface area contributed by atoms with Gasteiger partial charge in [-0.25, -0.2) is 0 Å². The van der Waals surface area contributed by atoms with Gasteiger partial charge in [-0.15, -0.1) is 0 Å². The summed E-state index contributed by atoms with van der Waals surface area (Å²) in [6.45, 7) is 5.23. The van der Waals surface area contributed by atoms with Crippen LogP contribution < -0.4 is 5.73 Å². The number of rotatable bonds is 4. The van der Waals surface area contributed by atoms with Crippen LogP contribution in [0.3, 0.4) is 0 Å². The first kappa shape index (κ1) is 14.1. The molecule has 0 atom stereocenters. The molecule has 2 rings (SSSR count). The van der Waals surface area contributed by atoms with Crippen molar-refractivity contribution in [2.45, 2.75) is 45.6 Å². The van der Waals surface area contributed by atoms with Crippen LogP contribution in [-0.4, -0.2) is 29.9 Å². The number of nitrogens with two attached hydrogens (primary N) is 1. The molecular weight excluding hydrogens is 236 g/mol. The van der Waals surface area contributed by atoms with Crippen molar-refractivity contribution in [3.63, 3.8) is 0 Å². The Kier molecular flexibility index (Phi) is 4.59. The van der Waals surface area contributed by atoms with Crippen molar-refractivity contribution in [3.8, 4) is 0 Å². The van der Waals surface area contributed by atoms with E-state index in [0.717, 1.165) is 29.5 Å². The second kappa shape index (κ2) is 6.20. The summed E-state index contributed by atoms with van der Waals surface area (Å²) >= 11 is 0. The summed E-state index contributed by atoms with van der Waals surface area (Å²) in [5.41, 5.74) is 8.70. The zero-order valence-electron chi connectivity index (χ0n) is 12.0. The van der Waals surface area contributed by atoms with Crippen LogP contribution in [0.5, 0.6) is 0 Å². The van der Waals surface area contributed by atoms with Crippen molar-refractivity contribution < 1.29 is 4.79 Å². The third-order valence-corrected chi connectivity index (χ3v) is 4.02. The molecule has 1 aromatic carbocycles. The van der Waals surface area contributed by atoms with E-state index in [1.165, 1.54) is 12.8 Å². The predicted octanol–water partition coefficient (Wildman–Crippen LogP) is 2.65. The molecule has 104 valence electrons. The molecule has 0 unspecified atom stereocenters. The molecule has 2 N–H and O–H groups in total. The second-order valence-electron chi connectivity index (χ2n) is 5.54. The van der Waals surface area contributed by atoms with Gasteiger partial charge in [0.2, 0.25) is 0 Å². The number of hydrogen-bond acceptors (Lipinski definition) is 2. The minimum Gasteiger partial charge on any atom is -0.334 e. The van der Waals surface area contributed by atoms with Gasteiger partial charge in [0.15, 0.2) is 0 Å². The van der Waals surface area contributed by atoms with Crippen molar-refractivity contribution in [1.82, 2.24) is 4.90 Å². The fourth-order valence-corrected chi connectivity index (χ4v) is 2.93. The van der Waals surface area contributed by atoms with E-state index >= 15 is 0 Å². The topological polar surface area (TPSA) is 46.3 Å². The minimum absolute atomic E-state index is 0.151. The van der Waals surface area contributed by atoms with Gasteiger partial charge in [0.25, 0.3) is 5.91 Å². The zero-order valence-corrected chi connectivity index (χ0v) is 12.0. The van der Waals surface area contributed by atoms with E-state index in [4.69, 9.17) is 5.73 Å². The van der Waals surface area contributed by atoms with E-state index in [1.807, 2.05) is 30.9 Å². The molecule has 0 aromatic heterocycles. The van der Waals surface area contributed by atoms with Crippen LogP contribution in [0.4, 0.5) is 0 Å². The van der Waals surface area contributed by atoms with Crippen LogP contribution in [0.1, 0.15) is 47.2 Å². The van der Waals surface area contributed by atoms with E-state index < -0.39 is 0 Å². The van der Waals surface area contributed by atoms with E-state index in [0.29, 0.717) is 19.1 Å². The molecule has 1 amide bonds. The first-order chi connectivity index (χ1) is 9.13. The molecule has 0 radical (unpaired) electrons. The Morgan fingerprint density at radius 1 is 1.32 bits per heavy atom. The number of nitrogens with zero attached hydrogens (tertiary/aromatic N) is 1. The van der Waals surface area contributed by atoms with E-state index in [1.54, 1.807) is 0 Å². The molecule has 0 spiro atoms. The average molecular weight is 260 g/mol. The van der Waals surface area contributed by atoms with Gasteiger partial charge in [-0.3, -0.25) is 4.79 Å². The zero-order chi connectivity index (χ0) is 13.8. The highest BCUT2D eigenvalue weighted by Gasteiger charge is 2.27. The van der Waals surface area contributed by atoms with Crippen LogP contribution in [0.25, 0.3) is 0 Å². The summed E-state index contributed by atoms with van der Waals surface area (Å²) in [6.07, 6.45) is 4.70. The summed E-state index contributed by atoms with van der Waals surface area (Å²) in [5.74, 6) is 0.151. The third kappa shape index (κ3) is 3.16. The fraction of sp³-hybridized carbons (Fsp3) is 0.562. The largest absolute Gasteiger partial charge is 0.334 e. The maximum absolute atomic E-state index is 12.8. The lowest BCUT2D eigenvalue weighted by molar-refractivity contribution is 0.0687. The van der Waals surface area contributed by atoms with Crippen molar-refractivity contribution >= 4 is 5.91 Å². The van der Waals surface area contributed by atoms with Crippen LogP contribution in [-0.2, 0) is 0 Å². The third-order valence-electron chi connectivity index (χ3n) is 4.02. The molecular formula is C16H24N2O. The molecule has 19 heavy (non-hydrogen) atoms. The Balaban J connectivity index is 2.25. The van der Waals surface area contributed by atoms with Crippen molar-refractivity contribution in [1.29, 1.82) is 0 Å². The number of aryl methyl sites for hydroxylation is 2. The molecule has 3 heteroatoms. The SMILES string of the molecule is Cc1ccc(C)c(C(=O)N(CCN)C2CCCC2)c1. The fourth-order valence-electron chi connectivity index (χ4n) is 2.93. The van der Waals surface area contributed by atoms with Crippen molar-refractivity contribution in [2.24, 2.45) is 5.73 Å². The summed E-state index contributed by atoms with van der Waals surface area (Å²) in [7, 11) is 0. The van der Waals surface area contributed by atoms with Crippen LogP contribution >= 0.6 is 0 Å². The van der Waals surface area contributed by atoms with Crippen LogP contribution in [0, 0.1) is 13.8 Å². The Hall–Kier alpha value is -1.35. The minimum atomic E-state index is 0.151. The smallest absolute Gasteiger partial charge is 0.254 e. The lowest BCUT2D eigenvalue weighted by Gasteiger charge is -2.29. The Morgan fingerprint density at radius 3 is 2.63 bits per heavy atom. The summed E-state index contributed by atoms with van der Waals surface area (Å²) in [4.78, 5) is 14.8. The first-order valence-corrected chi connectivity index (χ1v) is 7.21. The van der Waals surface area contributed by atoms with E-state index in [2.05, 4.69) is 6.07 Å². The standard InChI is InChI=1S/C16H24N2O/c1-12-7-8-13(2)15(11-12)16(19)18(10-9-17)14-5-3-4-6-14/h7-8,11,14H,3-6,9-10,17H2,1-2H3.